The molecular weight excluding hydrogens is 216 g/mol. The van der Waals surface area contributed by atoms with E-state index in [0.29, 0.717) is 25.2 Å². The van der Waals surface area contributed by atoms with Crippen molar-refractivity contribution < 1.29 is 9.53 Å². The fourth-order valence-electron chi connectivity index (χ4n) is 2.81. The molecule has 2 atom stereocenters. The smallest absolute Gasteiger partial charge is 0.327 e. The molecular formula is C13H20N2O2. The number of ether oxygens (including phenoxy) is 1. The molecule has 0 radical (unpaired) electrons. The molecule has 0 bridgehead atoms. The second-order valence-corrected chi connectivity index (χ2v) is 5.09. The first-order chi connectivity index (χ1) is 8.13. The van der Waals surface area contributed by atoms with Crippen LogP contribution in [-0.4, -0.2) is 48.7 Å². The second kappa shape index (κ2) is 4.67. The molecule has 0 spiro atoms. The van der Waals surface area contributed by atoms with Gasteiger partial charge < -0.3 is 4.74 Å². The van der Waals surface area contributed by atoms with Crippen LogP contribution in [-0.2, 0) is 9.53 Å². The van der Waals surface area contributed by atoms with E-state index >= 15 is 0 Å². The van der Waals surface area contributed by atoms with Gasteiger partial charge in [-0.2, -0.15) is 0 Å². The van der Waals surface area contributed by atoms with Crippen molar-refractivity contribution in [2.24, 2.45) is 0 Å². The zero-order valence-electron chi connectivity index (χ0n) is 10.5. The Labute approximate surface area is 103 Å². The number of hydrogen-bond donors (Lipinski definition) is 1. The number of hydrogen-bond acceptors (Lipinski definition) is 4. The number of rotatable bonds is 4. The van der Waals surface area contributed by atoms with E-state index < -0.39 is 5.54 Å². The van der Waals surface area contributed by atoms with Crippen LogP contribution in [0.15, 0.2) is 0 Å². The van der Waals surface area contributed by atoms with Crippen LogP contribution in [0.5, 0.6) is 0 Å². The first-order valence-corrected chi connectivity index (χ1v) is 6.15. The van der Waals surface area contributed by atoms with Gasteiger partial charge in [-0.1, -0.05) is 5.92 Å². The Morgan fingerprint density at radius 3 is 2.88 bits per heavy atom. The molecule has 2 unspecified atom stereocenters. The highest BCUT2D eigenvalue weighted by Crippen LogP contribution is 2.37. The van der Waals surface area contributed by atoms with Crippen LogP contribution in [0.4, 0.5) is 0 Å². The number of terminal acetylenes is 1. The second-order valence-electron chi connectivity index (χ2n) is 5.09. The number of methoxy groups -OCH3 is 1. The van der Waals surface area contributed by atoms with E-state index in [2.05, 4.69) is 23.1 Å². The molecule has 1 N–H and O–H groups in total. The number of carbonyl (C=O) groups excluding carboxylic acids is 1. The Kier molecular flexibility index (Phi) is 3.41. The summed E-state index contributed by atoms with van der Waals surface area (Å²) in [5, 5.41) is 3.19. The zero-order valence-corrected chi connectivity index (χ0v) is 10.5. The lowest BCUT2D eigenvalue weighted by atomic mass is 9.96. The first-order valence-electron chi connectivity index (χ1n) is 6.15. The normalized spacial score (nSPS) is 33.4. The Balaban J connectivity index is 2.12. The lowest BCUT2D eigenvalue weighted by Crippen LogP contribution is -2.54. The van der Waals surface area contributed by atoms with Gasteiger partial charge in [-0.15, -0.1) is 6.42 Å². The number of likely N-dealkylation sites (tertiary alicyclic amines) is 1. The van der Waals surface area contributed by atoms with Crippen molar-refractivity contribution in [2.45, 2.75) is 43.8 Å². The van der Waals surface area contributed by atoms with Crippen LogP contribution < -0.4 is 5.32 Å². The lowest BCUT2D eigenvalue weighted by Gasteiger charge is -2.27. The van der Waals surface area contributed by atoms with E-state index in [0.717, 1.165) is 6.42 Å². The van der Waals surface area contributed by atoms with Crippen molar-refractivity contribution in [1.29, 1.82) is 0 Å². The van der Waals surface area contributed by atoms with Crippen LogP contribution in [0, 0.1) is 12.3 Å². The summed E-state index contributed by atoms with van der Waals surface area (Å²) in [5.41, 5.74) is -0.608. The van der Waals surface area contributed by atoms with Crippen LogP contribution in [0.3, 0.4) is 0 Å². The van der Waals surface area contributed by atoms with Crippen molar-refractivity contribution in [1.82, 2.24) is 10.2 Å². The maximum Gasteiger partial charge on any atom is 0.327 e. The van der Waals surface area contributed by atoms with Crippen molar-refractivity contribution in [3.63, 3.8) is 0 Å². The van der Waals surface area contributed by atoms with E-state index in [-0.39, 0.29) is 5.97 Å². The van der Waals surface area contributed by atoms with E-state index in [1.54, 1.807) is 0 Å². The summed E-state index contributed by atoms with van der Waals surface area (Å²) in [6.07, 6.45) is 8.54. The molecule has 1 aliphatic carbocycles. The van der Waals surface area contributed by atoms with Gasteiger partial charge in [0, 0.05) is 18.6 Å². The van der Waals surface area contributed by atoms with E-state index in [4.69, 9.17) is 11.2 Å². The summed E-state index contributed by atoms with van der Waals surface area (Å²) >= 11 is 0. The third-order valence-electron chi connectivity index (χ3n) is 3.78. The Morgan fingerprint density at radius 2 is 2.35 bits per heavy atom. The number of nitrogens with one attached hydrogen (secondary N) is 1. The molecule has 4 nitrogen and oxygen atoms in total. The number of nitrogens with zero attached hydrogens (tertiary/aromatic N) is 1. The van der Waals surface area contributed by atoms with Crippen LogP contribution in [0.2, 0.25) is 0 Å². The van der Waals surface area contributed by atoms with Crippen LogP contribution in [0.1, 0.15) is 26.2 Å². The van der Waals surface area contributed by atoms with E-state index in [9.17, 15) is 4.79 Å². The Bertz CT molecular complexity index is 346. The topological polar surface area (TPSA) is 41.6 Å². The fourth-order valence-corrected chi connectivity index (χ4v) is 2.81. The molecule has 0 aromatic carbocycles. The SMILES string of the molecule is C#CCNC1(C(=O)OC)CC(C)N(C2CC2)C1. The molecule has 2 aliphatic rings. The summed E-state index contributed by atoms with van der Waals surface area (Å²) in [5.74, 6) is 2.34. The molecule has 1 heterocycles. The molecule has 4 heteroatoms. The number of carbonyl (C=O) groups is 1. The molecule has 0 aromatic heterocycles. The minimum atomic E-state index is -0.608. The molecule has 2 rings (SSSR count). The fraction of sp³-hybridized carbons (Fsp3) is 0.769. The predicted molar refractivity (Wildman–Crippen MR) is 65.4 cm³/mol. The van der Waals surface area contributed by atoms with Gasteiger partial charge in [0.15, 0.2) is 0 Å². The minimum Gasteiger partial charge on any atom is -0.468 e. The highest BCUT2D eigenvalue weighted by molar-refractivity contribution is 5.81. The predicted octanol–water partition coefficient (Wildman–Crippen LogP) is 0.378. The van der Waals surface area contributed by atoms with Crippen LogP contribution >= 0.6 is 0 Å². The maximum atomic E-state index is 12.0. The molecule has 1 saturated carbocycles. The Hall–Kier alpha value is -1.05. The highest BCUT2D eigenvalue weighted by Gasteiger charge is 2.51. The molecule has 1 saturated heterocycles. The highest BCUT2D eigenvalue weighted by atomic mass is 16.5. The van der Waals surface area contributed by atoms with Gasteiger partial charge in [0.1, 0.15) is 5.54 Å². The average molecular weight is 236 g/mol. The molecule has 94 valence electrons. The Morgan fingerprint density at radius 1 is 1.65 bits per heavy atom. The van der Waals surface area contributed by atoms with Crippen molar-refractivity contribution in [2.75, 3.05) is 20.2 Å². The summed E-state index contributed by atoms with van der Waals surface area (Å²) in [6.45, 7) is 3.29. The van der Waals surface area contributed by atoms with Gasteiger partial charge in [0.2, 0.25) is 0 Å². The molecule has 0 amide bonds. The summed E-state index contributed by atoms with van der Waals surface area (Å²) in [6, 6.07) is 1.07. The van der Waals surface area contributed by atoms with E-state index in [1.165, 1.54) is 20.0 Å². The monoisotopic (exact) mass is 236 g/mol. The third kappa shape index (κ3) is 2.31. The quantitative estimate of drug-likeness (QED) is 0.566. The van der Waals surface area contributed by atoms with Crippen molar-refractivity contribution >= 4 is 5.97 Å². The van der Waals surface area contributed by atoms with Crippen molar-refractivity contribution in [3.05, 3.63) is 0 Å². The van der Waals surface area contributed by atoms with Gasteiger partial charge >= 0.3 is 5.97 Å². The first kappa shape index (κ1) is 12.4. The van der Waals surface area contributed by atoms with Crippen molar-refractivity contribution in [3.8, 4) is 12.3 Å². The molecule has 2 fully saturated rings. The minimum absolute atomic E-state index is 0.192. The lowest BCUT2D eigenvalue weighted by molar-refractivity contribution is -0.148. The van der Waals surface area contributed by atoms with Gasteiger partial charge in [-0.25, -0.2) is 0 Å². The van der Waals surface area contributed by atoms with Gasteiger partial charge in [-0.05, 0) is 26.2 Å². The third-order valence-corrected chi connectivity index (χ3v) is 3.78. The van der Waals surface area contributed by atoms with E-state index in [1.807, 2.05) is 0 Å². The molecule has 0 aromatic rings. The standard InChI is InChI=1S/C13H20N2O2/c1-4-7-14-13(12(16)17-3)8-10(2)15(9-13)11-5-6-11/h1,10-11,14H,5-9H2,2-3H3. The largest absolute Gasteiger partial charge is 0.468 e. The van der Waals surface area contributed by atoms with Gasteiger partial charge in [0.05, 0.1) is 13.7 Å². The summed E-state index contributed by atoms with van der Waals surface area (Å²) in [4.78, 5) is 14.4. The average Bonchev–Trinajstić information content (AvgIpc) is 3.11. The summed E-state index contributed by atoms with van der Waals surface area (Å²) in [7, 11) is 1.44. The maximum absolute atomic E-state index is 12.0. The zero-order chi connectivity index (χ0) is 12.5. The summed E-state index contributed by atoms with van der Waals surface area (Å²) < 4.78 is 4.93. The van der Waals surface area contributed by atoms with Gasteiger partial charge in [0.25, 0.3) is 0 Å². The molecule has 1 aliphatic heterocycles. The molecule has 17 heavy (non-hydrogen) atoms. The van der Waals surface area contributed by atoms with Gasteiger partial charge in [-0.3, -0.25) is 15.0 Å². The number of esters is 1. The van der Waals surface area contributed by atoms with Crippen LogP contribution in [0.25, 0.3) is 0 Å².